The van der Waals surface area contributed by atoms with Gasteiger partial charge in [0.05, 0.1) is 0 Å². The molecule has 1 rings (SSSR count). The Hall–Kier alpha value is -0.430. The number of hydrogen-bond donors (Lipinski definition) is 1. The topological polar surface area (TPSA) is 0 Å². The molecular formula is C12H18S. The van der Waals surface area contributed by atoms with Gasteiger partial charge in [0.25, 0.3) is 0 Å². The summed E-state index contributed by atoms with van der Waals surface area (Å²) in [5, 5.41) is 0. The molecule has 0 radical (unpaired) electrons. The highest BCUT2D eigenvalue weighted by molar-refractivity contribution is 7.84. The molecule has 0 N–H and O–H groups in total. The monoisotopic (exact) mass is 194 g/mol. The van der Waals surface area contributed by atoms with E-state index in [4.69, 9.17) is 0 Å². The van der Waals surface area contributed by atoms with Crippen molar-refractivity contribution in [1.82, 2.24) is 0 Å². The molecule has 0 aliphatic heterocycles. The predicted octanol–water partition coefficient (Wildman–Crippen LogP) is 4.12. The van der Waals surface area contributed by atoms with E-state index in [2.05, 4.69) is 26.1 Å². The quantitative estimate of drug-likeness (QED) is 0.505. The average molecular weight is 194 g/mol. The standard InChI is InChI=1S/C12H18S/c1-3-4-8-12(13)10(2)9-11-6-5-7-11/h3-4,8,11,13H,1,5-7,9H2,2H3/b8-4-,12-10-. The van der Waals surface area contributed by atoms with Gasteiger partial charge in [-0.15, -0.1) is 12.6 Å². The molecule has 0 amide bonds. The fraction of sp³-hybridized carbons (Fsp3) is 0.500. The van der Waals surface area contributed by atoms with E-state index >= 15 is 0 Å². The van der Waals surface area contributed by atoms with Crippen LogP contribution in [-0.2, 0) is 0 Å². The van der Waals surface area contributed by atoms with Crippen molar-refractivity contribution >= 4 is 12.6 Å². The molecule has 0 aromatic carbocycles. The molecule has 1 fully saturated rings. The summed E-state index contributed by atoms with van der Waals surface area (Å²) in [6.07, 6.45) is 11.2. The molecule has 1 saturated carbocycles. The molecule has 0 saturated heterocycles. The Bertz CT molecular complexity index is 232. The molecular weight excluding hydrogens is 176 g/mol. The van der Waals surface area contributed by atoms with Crippen LogP contribution in [-0.4, -0.2) is 0 Å². The van der Waals surface area contributed by atoms with Gasteiger partial charge in [-0.25, -0.2) is 0 Å². The molecule has 1 heteroatoms. The molecule has 72 valence electrons. The average Bonchev–Trinajstić information content (AvgIpc) is 2.06. The van der Waals surface area contributed by atoms with E-state index in [0.717, 1.165) is 10.8 Å². The maximum absolute atomic E-state index is 4.44. The number of allylic oxidation sites excluding steroid dienone is 4. The number of rotatable bonds is 4. The highest BCUT2D eigenvalue weighted by Crippen LogP contribution is 2.33. The Morgan fingerprint density at radius 1 is 1.54 bits per heavy atom. The Labute approximate surface area is 86.8 Å². The van der Waals surface area contributed by atoms with Crippen LogP contribution in [0, 0.1) is 5.92 Å². The smallest absolute Gasteiger partial charge is 0.00292 e. The van der Waals surface area contributed by atoms with Crippen LogP contribution in [0.25, 0.3) is 0 Å². The Balaban J connectivity index is 2.45. The lowest BCUT2D eigenvalue weighted by Gasteiger charge is -2.25. The summed E-state index contributed by atoms with van der Waals surface area (Å²) >= 11 is 4.44. The van der Waals surface area contributed by atoms with Crippen molar-refractivity contribution in [2.24, 2.45) is 5.92 Å². The minimum absolute atomic E-state index is 0.930. The van der Waals surface area contributed by atoms with E-state index in [-0.39, 0.29) is 0 Å². The molecule has 0 heterocycles. The second-order valence-corrected chi connectivity index (χ2v) is 4.24. The van der Waals surface area contributed by atoms with E-state index in [9.17, 15) is 0 Å². The Morgan fingerprint density at radius 2 is 2.23 bits per heavy atom. The first-order valence-corrected chi connectivity index (χ1v) is 5.36. The van der Waals surface area contributed by atoms with Crippen LogP contribution >= 0.6 is 12.6 Å². The molecule has 0 unspecified atom stereocenters. The van der Waals surface area contributed by atoms with E-state index in [0.29, 0.717) is 0 Å². The first kappa shape index (κ1) is 10.6. The third kappa shape index (κ3) is 3.43. The SMILES string of the molecule is C=C/C=C\C(S)=C(/C)CC1CCC1. The van der Waals surface area contributed by atoms with Crippen LogP contribution in [0.15, 0.2) is 35.3 Å². The number of thiol groups is 1. The van der Waals surface area contributed by atoms with Crippen LogP contribution in [0.4, 0.5) is 0 Å². The maximum Gasteiger partial charge on any atom is 0.00292 e. The second kappa shape index (κ2) is 5.33. The normalized spacial score (nSPS) is 19.8. The minimum atomic E-state index is 0.930. The molecule has 0 spiro atoms. The van der Waals surface area contributed by atoms with Crippen LogP contribution in [0.2, 0.25) is 0 Å². The third-order valence-electron chi connectivity index (χ3n) is 2.65. The summed E-state index contributed by atoms with van der Waals surface area (Å²) in [7, 11) is 0. The largest absolute Gasteiger partial charge is 0.143 e. The van der Waals surface area contributed by atoms with Gasteiger partial charge in [0.2, 0.25) is 0 Å². The highest BCUT2D eigenvalue weighted by Gasteiger charge is 2.17. The van der Waals surface area contributed by atoms with Gasteiger partial charge >= 0.3 is 0 Å². The Kier molecular flexibility index (Phi) is 4.37. The molecule has 1 aliphatic carbocycles. The van der Waals surface area contributed by atoms with E-state index in [1.807, 2.05) is 12.2 Å². The van der Waals surface area contributed by atoms with Gasteiger partial charge < -0.3 is 0 Å². The summed E-state index contributed by atoms with van der Waals surface area (Å²) in [4.78, 5) is 1.10. The van der Waals surface area contributed by atoms with Crippen molar-refractivity contribution in [3.8, 4) is 0 Å². The first-order valence-electron chi connectivity index (χ1n) is 4.92. The van der Waals surface area contributed by atoms with Gasteiger partial charge in [0.1, 0.15) is 0 Å². The zero-order valence-electron chi connectivity index (χ0n) is 8.29. The van der Waals surface area contributed by atoms with Crippen LogP contribution in [0.1, 0.15) is 32.6 Å². The van der Waals surface area contributed by atoms with Gasteiger partial charge in [-0.1, -0.05) is 43.6 Å². The van der Waals surface area contributed by atoms with Gasteiger partial charge in [0.15, 0.2) is 0 Å². The lowest BCUT2D eigenvalue weighted by molar-refractivity contribution is 0.314. The zero-order valence-corrected chi connectivity index (χ0v) is 9.19. The lowest BCUT2D eigenvalue weighted by Crippen LogP contribution is -2.11. The predicted molar refractivity (Wildman–Crippen MR) is 63.0 cm³/mol. The van der Waals surface area contributed by atoms with Crippen molar-refractivity contribution in [2.75, 3.05) is 0 Å². The fourth-order valence-corrected chi connectivity index (χ4v) is 1.71. The summed E-state index contributed by atoms with van der Waals surface area (Å²) < 4.78 is 0. The fourth-order valence-electron chi connectivity index (χ4n) is 1.54. The van der Waals surface area contributed by atoms with Crippen LogP contribution in [0.3, 0.4) is 0 Å². The van der Waals surface area contributed by atoms with E-state index < -0.39 is 0 Å². The maximum atomic E-state index is 4.44. The van der Waals surface area contributed by atoms with Crippen LogP contribution in [0.5, 0.6) is 0 Å². The minimum Gasteiger partial charge on any atom is -0.143 e. The summed E-state index contributed by atoms with van der Waals surface area (Å²) in [6.45, 7) is 5.81. The van der Waals surface area contributed by atoms with Crippen molar-refractivity contribution < 1.29 is 0 Å². The molecule has 0 bridgehead atoms. The summed E-state index contributed by atoms with van der Waals surface area (Å²) in [6, 6.07) is 0. The van der Waals surface area contributed by atoms with Crippen LogP contribution < -0.4 is 0 Å². The lowest BCUT2D eigenvalue weighted by atomic mass is 9.81. The molecule has 1 aliphatic rings. The van der Waals surface area contributed by atoms with Crippen molar-refractivity contribution in [1.29, 1.82) is 0 Å². The molecule has 0 nitrogen and oxygen atoms in total. The zero-order chi connectivity index (χ0) is 9.68. The van der Waals surface area contributed by atoms with Crippen molar-refractivity contribution in [3.05, 3.63) is 35.3 Å². The molecule has 0 aromatic rings. The molecule has 13 heavy (non-hydrogen) atoms. The van der Waals surface area contributed by atoms with Gasteiger partial charge in [0, 0.05) is 4.91 Å². The van der Waals surface area contributed by atoms with Gasteiger partial charge in [-0.3, -0.25) is 0 Å². The molecule has 0 atom stereocenters. The third-order valence-corrected chi connectivity index (χ3v) is 3.18. The van der Waals surface area contributed by atoms with E-state index in [1.165, 1.54) is 31.3 Å². The second-order valence-electron chi connectivity index (χ2n) is 3.76. The highest BCUT2D eigenvalue weighted by atomic mass is 32.1. The first-order chi connectivity index (χ1) is 6.24. The van der Waals surface area contributed by atoms with E-state index in [1.54, 1.807) is 6.08 Å². The Morgan fingerprint density at radius 3 is 2.69 bits per heavy atom. The van der Waals surface area contributed by atoms with Gasteiger partial charge in [-0.05, 0) is 25.3 Å². The summed E-state index contributed by atoms with van der Waals surface area (Å²) in [5.41, 5.74) is 1.41. The number of hydrogen-bond acceptors (Lipinski definition) is 1. The van der Waals surface area contributed by atoms with Crippen molar-refractivity contribution in [3.63, 3.8) is 0 Å². The molecule has 0 aromatic heterocycles. The van der Waals surface area contributed by atoms with Gasteiger partial charge in [-0.2, -0.15) is 0 Å². The van der Waals surface area contributed by atoms with Crippen molar-refractivity contribution in [2.45, 2.75) is 32.6 Å². The summed E-state index contributed by atoms with van der Waals surface area (Å²) in [5.74, 6) is 0.930.